The van der Waals surface area contributed by atoms with Crippen molar-refractivity contribution in [3.05, 3.63) is 59.7 Å². The lowest BCUT2D eigenvalue weighted by Crippen LogP contribution is -2.35. The fourth-order valence-corrected chi connectivity index (χ4v) is 1.86. The average Bonchev–Trinajstić information content (AvgIpc) is 2.45. The Kier molecular flexibility index (Phi) is 4.18. The van der Waals surface area contributed by atoms with Gasteiger partial charge in [0.1, 0.15) is 5.75 Å². The first kappa shape index (κ1) is 14.2. The summed E-state index contributed by atoms with van der Waals surface area (Å²) in [5.74, 6) is 0.709. The Hall–Kier alpha value is -2.17. The van der Waals surface area contributed by atoms with Crippen LogP contribution in [0.4, 0.5) is 12.9 Å². The fourth-order valence-electron chi connectivity index (χ4n) is 1.86. The molecule has 0 N–H and O–H groups in total. The number of hydrogen-bond acceptors (Lipinski definition) is 1. The number of ether oxygens (including phenoxy) is 1. The van der Waals surface area contributed by atoms with Crippen LogP contribution < -0.4 is 10.2 Å². The van der Waals surface area contributed by atoms with Gasteiger partial charge >= 0.3 is 6.98 Å². The van der Waals surface area contributed by atoms with Gasteiger partial charge in [0.2, 0.25) is 0 Å². The van der Waals surface area contributed by atoms with E-state index in [1.165, 1.54) is 18.2 Å². The zero-order valence-corrected chi connectivity index (χ0v) is 10.9. The third-order valence-corrected chi connectivity index (χ3v) is 2.92. The lowest BCUT2D eigenvalue weighted by atomic mass is 9.77. The highest BCUT2D eigenvalue weighted by atomic mass is 19.4. The van der Waals surface area contributed by atoms with E-state index >= 15 is 0 Å². The summed E-state index contributed by atoms with van der Waals surface area (Å²) in [7, 11) is 1.56. The maximum atomic E-state index is 12.9. The third-order valence-electron chi connectivity index (χ3n) is 2.92. The molecule has 0 saturated heterocycles. The van der Waals surface area contributed by atoms with E-state index in [1.54, 1.807) is 43.5 Å². The molecule has 0 unspecified atom stereocenters. The number of rotatable bonds is 4. The third kappa shape index (κ3) is 3.44. The van der Waals surface area contributed by atoms with Crippen molar-refractivity contribution < 1.29 is 17.7 Å². The molecule has 0 heterocycles. The molecular weight excluding hydrogens is 264 g/mol. The van der Waals surface area contributed by atoms with Crippen molar-refractivity contribution in [2.75, 3.05) is 7.11 Å². The van der Waals surface area contributed by atoms with E-state index < -0.39 is 12.4 Å². The van der Waals surface area contributed by atoms with Crippen LogP contribution in [0, 0.1) is 0 Å². The number of halogens is 3. The molecule has 5 heteroatoms. The second-order valence-corrected chi connectivity index (χ2v) is 4.31. The Morgan fingerprint density at radius 1 is 0.900 bits per heavy atom. The molecule has 0 aliphatic carbocycles. The Balaban J connectivity index is 2.27. The normalized spacial score (nSPS) is 11.8. The molecule has 0 amide bonds. The SMILES string of the molecule is COc1ccc(/C=C\c2ccccc2[B-](F)(F)F)cc1. The summed E-state index contributed by atoms with van der Waals surface area (Å²) in [5.41, 5.74) is 0.420. The first-order valence-corrected chi connectivity index (χ1v) is 6.12. The first-order chi connectivity index (χ1) is 9.50. The zero-order valence-electron chi connectivity index (χ0n) is 10.9. The van der Waals surface area contributed by atoms with Crippen molar-refractivity contribution in [2.24, 2.45) is 0 Å². The zero-order chi connectivity index (χ0) is 14.6. The molecule has 0 aliphatic heterocycles. The second kappa shape index (κ2) is 5.86. The van der Waals surface area contributed by atoms with E-state index in [9.17, 15) is 12.9 Å². The highest BCUT2D eigenvalue weighted by Gasteiger charge is 2.27. The van der Waals surface area contributed by atoms with Crippen LogP contribution in [-0.2, 0) is 0 Å². The van der Waals surface area contributed by atoms with Gasteiger partial charge in [-0.15, -0.1) is 5.46 Å². The molecule has 20 heavy (non-hydrogen) atoms. The lowest BCUT2D eigenvalue weighted by molar-refractivity contribution is 0.415. The molecule has 0 fully saturated rings. The van der Waals surface area contributed by atoms with Crippen molar-refractivity contribution in [1.82, 2.24) is 0 Å². The molecule has 0 spiro atoms. The molecule has 2 aromatic carbocycles. The highest BCUT2D eigenvalue weighted by Crippen LogP contribution is 2.16. The van der Waals surface area contributed by atoms with Crippen molar-refractivity contribution in [3.8, 4) is 5.75 Å². The molecule has 0 bridgehead atoms. The number of hydrogen-bond donors (Lipinski definition) is 0. The summed E-state index contributed by atoms with van der Waals surface area (Å²) >= 11 is 0. The van der Waals surface area contributed by atoms with Gasteiger partial charge in [0.25, 0.3) is 0 Å². The summed E-state index contributed by atoms with van der Waals surface area (Å²) in [6.07, 6.45) is 3.13. The van der Waals surface area contributed by atoms with Crippen LogP contribution in [0.15, 0.2) is 48.5 Å². The summed E-state index contributed by atoms with van der Waals surface area (Å²) in [5, 5.41) is 0. The van der Waals surface area contributed by atoms with Gasteiger partial charge in [-0.1, -0.05) is 54.1 Å². The molecule has 104 valence electrons. The molecule has 0 radical (unpaired) electrons. The van der Waals surface area contributed by atoms with E-state index in [1.807, 2.05) is 0 Å². The predicted octanol–water partition coefficient (Wildman–Crippen LogP) is 3.92. The van der Waals surface area contributed by atoms with Gasteiger partial charge in [-0.05, 0) is 17.7 Å². The minimum Gasteiger partial charge on any atom is -0.497 e. The molecule has 0 atom stereocenters. The van der Waals surface area contributed by atoms with Crippen molar-refractivity contribution >= 4 is 24.6 Å². The Labute approximate surface area is 115 Å². The van der Waals surface area contributed by atoms with Crippen molar-refractivity contribution in [1.29, 1.82) is 0 Å². The smallest absolute Gasteiger partial charge is 0.497 e. The standard InChI is InChI=1S/C15H13BF3O/c1-20-14-10-7-12(8-11-14)6-9-13-4-2-3-5-15(13)16(17,18)19/h2-11H,1H3/q-1/b9-6-. The van der Waals surface area contributed by atoms with E-state index in [-0.39, 0.29) is 5.56 Å². The Morgan fingerprint density at radius 2 is 1.55 bits per heavy atom. The van der Waals surface area contributed by atoms with Crippen LogP contribution in [0.1, 0.15) is 11.1 Å². The van der Waals surface area contributed by atoms with Crippen molar-refractivity contribution in [2.45, 2.75) is 0 Å². The molecule has 2 rings (SSSR count). The van der Waals surface area contributed by atoms with E-state index in [0.717, 1.165) is 11.6 Å². The molecule has 0 aliphatic rings. The monoisotopic (exact) mass is 277 g/mol. The van der Waals surface area contributed by atoms with Gasteiger partial charge in [0.15, 0.2) is 0 Å². The van der Waals surface area contributed by atoms with Crippen LogP contribution in [0.25, 0.3) is 12.2 Å². The molecule has 2 aromatic rings. The summed E-state index contributed by atoms with van der Waals surface area (Å²) in [4.78, 5) is 0. The van der Waals surface area contributed by atoms with Gasteiger partial charge in [-0.2, -0.15) is 0 Å². The summed E-state index contributed by atoms with van der Waals surface area (Å²) in [6, 6.07) is 12.7. The van der Waals surface area contributed by atoms with Crippen LogP contribution in [0.2, 0.25) is 0 Å². The van der Waals surface area contributed by atoms with Crippen molar-refractivity contribution in [3.63, 3.8) is 0 Å². The van der Waals surface area contributed by atoms with Gasteiger partial charge in [-0.3, -0.25) is 0 Å². The van der Waals surface area contributed by atoms with Crippen LogP contribution >= 0.6 is 0 Å². The lowest BCUT2D eigenvalue weighted by Gasteiger charge is -2.17. The largest absolute Gasteiger partial charge is 0.510 e. The number of methoxy groups -OCH3 is 1. The molecule has 1 nitrogen and oxygen atoms in total. The first-order valence-electron chi connectivity index (χ1n) is 6.12. The molecule has 0 aromatic heterocycles. The topological polar surface area (TPSA) is 9.23 Å². The van der Waals surface area contributed by atoms with Crippen LogP contribution in [0.3, 0.4) is 0 Å². The van der Waals surface area contributed by atoms with Gasteiger partial charge < -0.3 is 17.7 Å². The minimum absolute atomic E-state index is 0.177. The summed E-state index contributed by atoms with van der Waals surface area (Å²) < 4.78 is 43.7. The Bertz CT molecular complexity index is 603. The molecule has 0 saturated carbocycles. The number of benzene rings is 2. The highest BCUT2D eigenvalue weighted by molar-refractivity contribution is 6.74. The predicted molar refractivity (Wildman–Crippen MR) is 77.1 cm³/mol. The van der Waals surface area contributed by atoms with E-state index in [0.29, 0.717) is 5.75 Å². The van der Waals surface area contributed by atoms with Gasteiger partial charge in [0.05, 0.1) is 7.11 Å². The average molecular weight is 277 g/mol. The van der Waals surface area contributed by atoms with Gasteiger partial charge in [0, 0.05) is 0 Å². The second-order valence-electron chi connectivity index (χ2n) is 4.31. The van der Waals surface area contributed by atoms with Crippen LogP contribution in [0.5, 0.6) is 5.75 Å². The molecular formula is C15H13BF3O-. The van der Waals surface area contributed by atoms with Gasteiger partial charge in [-0.25, -0.2) is 0 Å². The maximum absolute atomic E-state index is 12.9. The summed E-state index contributed by atoms with van der Waals surface area (Å²) in [6.45, 7) is -5.00. The quantitative estimate of drug-likeness (QED) is 0.608. The minimum atomic E-state index is -5.00. The Morgan fingerprint density at radius 3 is 2.15 bits per heavy atom. The maximum Gasteiger partial charge on any atom is 0.510 e. The van der Waals surface area contributed by atoms with E-state index in [4.69, 9.17) is 4.74 Å². The fraction of sp³-hybridized carbons (Fsp3) is 0.0667. The van der Waals surface area contributed by atoms with E-state index in [2.05, 4.69) is 0 Å². The van der Waals surface area contributed by atoms with Crippen LogP contribution in [-0.4, -0.2) is 14.1 Å².